The number of unbranched alkanes of at least 4 members (excludes halogenated alkanes) is 1. The highest BCUT2D eigenvalue weighted by Gasteiger charge is 2.50. The Morgan fingerprint density at radius 3 is 2.60 bits per heavy atom. The van der Waals surface area contributed by atoms with Crippen LogP contribution in [-0.2, 0) is 16.6 Å². The largest absolute Gasteiger partial charge is 0.465 e. The third kappa shape index (κ3) is 4.98. The van der Waals surface area contributed by atoms with Gasteiger partial charge in [0.15, 0.2) is 0 Å². The molecule has 2 heterocycles. The van der Waals surface area contributed by atoms with Gasteiger partial charge in [-0.2, -0.15) is 0 Å². The van der Waals surface area contributed by atoms with Crippen molar-refractivity contribution in [3.63, 3.8) is 0 Å². The molecule has 1 saturated heterocycles. The maximum absolute atomic E-state index is 12.9. The van der Waals surface area contributed by atoms with Gasteiger partial charge in [-0.1, -0.05) is 31.8 Å². The van der Waals surface area contributed by atoms with Crippen LogP contribution in [0.5, 0.6) is 0 Å². The van der Waals surface area contributed by atoms with Crippen LogP contribution in [0.4, 0.5) is 15.3 Å². The summed E-state index contributed by atoms with van der Waals surface area (Å²) in [5, 5.41) is 18.5. The van der Waals surface area contributed by atoms with Crippen molar-refractivity contribution in [2.45, 2.75) is 56.8 Å². The lowest BCUT2D eigenvalue weighted by Gasteiger charge is -2.25. The Bertz CT molecular complexity index is 794. The van der Waals surface area contributed by atoms with Crippen molar-refractivity contribution in [3.8, 4) is 0 Å². The molecule has 0 saturated carbocycles. The van der Waals surface area contributed by atoms with Crippen molar-refractivity contribution in [3.05, 3.63) is 29.3 Å². The molecule has 2 aliphatic rings. The molecule has 1 spiro atoms. The highest BCUT2D eigenvalue weighted by molar-refractivity contribution is 6.76. The number of amides is 2. The maximum Gasteiger partial charge on any atom is 0.414 e. The molecule has 8 heteroatoms. The fraction of sp³-hybridized carbons (Fsp3) is 0.636. The van der Waals surface area contributed by atoms with Crippen molar-refractivity contribution < 1.29 is 24.5 Å². The van der Waals surface area contributed by atoms with Gasteiger partial charge in [-0.05, 0) is 48.9 Å². The predicted molar refractivity (Wildman–Crippen MR) is 119 cm³/mol. The molecule has 1 aromatic rings. The van der Waals surface area contributed by atoms with Gasteiger partial charge in [0, 0.05) is 39.7 Å². The molecule has 1 unspecified atom stereocenters. The molecule has 1 atom stereocenters. The number of hydrogen-bond acceptors (Lipinski definition) is 4. The number of aliphatic hydroxyl groups excluding tert-OH is 1. The van der Waals surface area contributed by atoms with Crippen LogP contribution in [0.25, 0.3) is 0 Å². The highest BCUT2D eigenvalue weighted by atomic mass is 28.3. The minimum Gasteiger partial charge on any atom is -0.465 e. The number of carboxylic acid groups (broad SMARTS) is 1. The standard InChI is InChI=1S/C22H34N2O5Si/c1-30(2,3)13-12-29-21(28)24-16-22(9-10-23(15-22)20(26)27)18-14-17(6-4-5-11-25)7-8-19(18)24/h7-8,14,25H,4-6,9-13,15-16H2,1-3H3,(H,26,27). The molecule has 166 valence electrons. The first kappa shape index (κ1) is 22.6. The zero-order valence-corrected chi connectivity index (χ0v) is 19.3. The Hall–Kier alpha value is -2.06. The number of anilines is 1. The summed E-state index contributed by atoms with van der Waals surface area (Å²) in [7, 11) is -1.30. The van der Waals surface area contributed by atoms with Gasteiger partial charge in [0.05, 0.1) is 12.3 Å². The van der Waals surface area contributed by atoms with Gasteiger partial charge >= 0.3 is 12.2 Å². The summed E-state index contributed by atoms with van der Waals surface area (Å²) in [6.45, 7) is 8.68. The molecule has 1 aromatic carbocycles. The van der Waals surface area contributed by atoms with Gasteiger partial charge in [-0.3, -0.25) is 4.90 Å². The van der Waals surface area contributed by atoms with Crippen molar-refractivity contribution >= 4 is 25.9 Å². The molecule has 0 bridgehead atoms. The molecule has 0 radical (unpaired) electrons. The molecule has 0 aromatic heterocycles. The molecule has 7 nitrogen and oxygen atoms in total. The lowest BCUT2D eigenvalue weighted by Crippen LogP contribution is -2.40. The molecule has 2 N–H and O–H groups in total. The van der Waals surface area contributed by atoms with Crippen LogP contribution in [0.3, 0.4) is 0 Å². The van der Waals surface area contributed by atoms with Crippen LogP contribution in [0.1, 0.15) is 30.4 Å². The summed E-state index contributed by atoms with van der Waals surface area (Å²) in [6, 6.07) is 7.05. The fourth-order valence-electron chi connectivity index (χ4n) is 4.38. The quantitative estimate of drug-likeness (QED) is 0.501. The van der Waals surface area contributed by atoms with E-state index in [1.54, 1.807) is 4.90 Å². The number of nitrogens with zero attached hydrogens (tertiary/aromatic N) is 2. The van der Waals surface area contributed by atoms with Crippen molar-refractivity contribution in [2.75, 3.05) is 37.7 Å². The number of benzene rings is 1. The molecule has 2 amide bonds. The first-order valence-electron chi connectivity index (χ1n) is 10.8. The van der Waals surface area contributed by atoms with Crippen molar-refractivity contribution in [1.29, 1.82) is 0 Å². The van der Waals surface area contributed by atoms with Crippen LogP contribution in [0.2, 0.25) is 25.7 Å². The Kier molecular flexibility index (Phi) is 6.77. The smallest absolute Gasteiger partial charge is 0.414 e. The molecule has 1 fully saturated rings. The third-order valence-corrected chi connectivity index (χ3v) is 7.88. The van der Waals surface area contributed by atoms with Crippen LogP contribution >= 0.6 is 0 Å². The van der Waals surface area contributed by atoms with E-state index in [0.717, 1.165) is 42.1 Å². The minimum absolute atomic E-state index is 0.180. The third-order valence-electron chi connectivity index (χ3n) is 6.18. The molecule has 2 aliphatic heterocycles. The van der Waals surface area contributed by atoms with Crippen LogP contribution in [-0.4, -0.2) is 68.2 Å². The van der Waals surface area contributed by atoms with Crippen LogP contribution < -0.4 is 4.90 Å². The van der Waals surface area contributed by atoms with Crippen molar-refractivity contribution in [1.82, 2.24) is 4.90 Å². The molecular weight excluding hydrogens is 400 g/mol. The first-order valence-corrected chi connectivity index (χ1v) is 14.5. The average molecular weight is 435 g/mol. The summed E-state index contributed by atoms with van der Waals surface area (Å²) in [4.78, 5) is 27.6. The van der Waals surface area contributed by atoms with E-state index in [9.17, 15) is 14.7 Å². The van der Waals surface area contributed by atoms with E-state index in [1.807, 2.05) is 12.1 Å². The van der Waals surface area contributed by atoms with Crippen LogP contribution in [0.15, 0.2) is 18.2 Å². The van der Waals surface area contributed by atoms with E-state index in [4.69, 9.17) is 9.84 Å². The zero-order valence-electron chi connectivity index (χ0n) is 18.3. The summed E-state index contributed by atoms with van der Waals surface area (Å²) < 4.78 is 5.61. The van der Waals surface area contributed by atoms with Gasteiger partial charge in [0.1, 0.15) is 0 Å². The van der Waals surface area contributed by atoms with E-state index in [1.165, 1.54) is 4.90 Å². The van der Waals surface area contributed by atoms with Gasteiger partial charge in [-0.25, -0.2) is 9.59 Å². The number of carbonyl (C=O) groups excluding carboxylic acids is 1. The molecular formula is C22H34N2O5Si. The Morgan fingerprint density at radius 1 is 1.20 bits per heavy atom. The summed E-state index contributed by atoms with van der Waals surface area (Å²) in [5.74, 6) is 0. The van der Waals surface area contributed by atoms with Crippen molar-refractivity contribution in [2.24, 2.45) is 0 Å². The zero-order chi connectivity index (χ0) is 21.9. The maximum atomic E-state index is 12.9. The number of likely N-dealkylation sites (tertiary alicyclic amines) is 1. The van der Waals surface area contributed by atoms with Gasteiger partial charge in [0.25, 0.3) is 0 Å². The van der Waals surface area contributed by atoms with E-state index in [0.29, 0.717) is 32.7 Å². The monoisotopic (exact) mass is 434 g/mol. The second-order valence-electron chi connectivity index (χ2n) is 9.78. The Labute approximate surface area is 179 Å². The van der Waals surface area contributed by atoms with E-state index in [2.05, 4.69) is 25.7 Å². The predicted octanol–water partition coefficient (Wildman–Crippen LogP) is 3.92. The number of carbonyl (C=O) groups is 2. The Morgan fingerprint density at radius 2 is 1.97 bits per heavy atom. The minimum atomic E-state index is -1.30. The topological polar surface area (TPSA) is 90.3 Å². The van der Waals surface area contributed by atoms with Crippen LogP contribution in [0, 0.1) is 0 Å². The number of aliphatic hydroxyl groups is 1. The normalized spacial score (nSPS) is 20.7. The molecule has 3 rings (SSSR count). The lowest BCUT2D eigenvalue weighted by molar-refractivity contribution is 0.152. The van der Waals surface area contributed by atoms with E-state index in [-0.39, 0.29) is 18.1 Å². The number of aryl methyl sites for hydroxylation is 1. The summed E-state index contributed by atoms with van der Waals surface area (Å²) in [6.07, 6.45) is 1.95. The van der Waals surface area contributed by atoms with E-state index < -0.39 is 14.2 Å². The number of ether oxygens (including phenoxy) is 1. The van der Waals surface area contributed by atoms with E-state index >= 15 is 0 Å². The SMILES string of the molecule is C[Si](C)(C)CCOC(=O)N1CC2(CCN(C(=O)O)C2)c2cc(CCCCO)ccc21. The lowest BCUT2D eigenvalue weighted by atomic mass is 9.81. The average Bonchev–Trinajstić information content (AvgIpc) is 3.24. The fourth-order valence-corrected chi connectivity index (χ4v) is 5.10. The molecule has 0 aliphatic carbocycles. The first-order chi connectivity index (χ1) is 14.1. The summed E-state index contributed by atoms with van der Waals surface area (Å²) in [5.41, 5.74) is 2.67. The summed E-state index contributed by atoms with van der Waals surface area (Å²) >= 11 is 0. The van der Waals surface area contributed by atoms with Gasteiger partial charge < -0.3 is 19.8 Å². The number of rotatable bonds is 7. The Balaban J connectivity index is 1.83. The molecule has 30 heavy (non-hydrogen) atoms. The second kappa shape index (κ2) is 8.97. The number of hydrogen-bond donors (Lipinski definition) is 2. The highest BCUT2D eigenvalue weighted by Crippen LogP contribution is 2.47. The van der Waals surface area contributed by atoms with Gasteiger partial charge in [-0.15, -0.1) is 0 Å². The number of fused-ring (bicyclic) bond motifs is 2. The van der Waals surface area contributed by atoms with Gasteiger partial charge in [0.2, 0.25) is 0 Å². The second-order valence-corrected chi connectivity index (χ2v) is 15.4.